The van der Waals surface area contributed by atoms with Crippen LogP contribution >= 0.6 is 0 Å². The maximum Gasteiger partial charge on any atom is 0.136 e. The van der Waals surface area contributed by atoms with Crippen LogP contribution < -0.4 is 0 Å². The Kier molecular flexibility index (Phi) is 5.64. The summed E-state index contributed by atoms with van der Waals surface area (Å²) in [6.07, 6.45) is 0. The van der Waals surface area contributed by atoms with Crippen LogP contribution in [0.5, 0.6) is 0 Å². The highest BCUT2D eigenvalue weighted by molar-refractivity contribution is 6.23. The van der Waals surface area contributed by atoms with Gasteiger partial charge in [-0.25, -0.2) is 0 Å². The van der Waals surface area contributed by atoms with Gasteiger partial charge in [-0.15, -0.1) is 0 Å². The van der Waals surface area contributed by atoms with E-state index in [0.717, 1.165) is 16.6 Å². The molecular weight excluding hydrogens is 569 g/mol. The summed E-state index contributed by atoms with van der Waals surface area (Å²) in [5.74, 6) is 0. The number of hydrogen-bond donors (Lipinski definition) is 0. The highest BCUT2D eigenvalue weighted by Gasteiger charge is 2.17. The fourth-order valence-corrected chi connectivity index (χ4v) is 7.76. The van der Waals surface area contributed by atoms with E-state index in [0.29, 0.717) is 0 Å². The summed E-state index contributed by atoms with van der Waals surface area (Å²) >= 11 is 0. The average molecular weight is 597 g/mol. The maximum atomic E-state index is 6.19. The summed E-state index contributed by atoms with van der Waals surface area (Å²) in [7, 11) is 0. The summed E-state index contributed by atoms with van der Waals surface area (Å²) in [5, 5.41) is 12.4. The van der Waals surface area contributed by atoms with Gasteiger partial charge in [0.05, 0.1) is 0 Å². The van der Waals surface area contributed by atoms with Crippen LogP contribution in [0.1, 0.15) is 0 Å². The molecule has 0 saturated heterocycles. The molecule has 0 aliphatic rings. The van der Waals surface area contributed by atoms with Gasteiger partial charge in [0.25, 0.3) is 0 Å². The molecule has 0 amide bonds. The molecule has 0 atom stereocenters. The zero-order valence-electron chi connectivity index (χ0n) is 25.6. The highest BCUT2D eigenvalue weighted by atomic mass is 16.3. The summed E-state index contributed by atoms with van der Waals surface area (Å²) < 4.78 is 6.19. The average Bonchev–Trinajstić information content (AvgIpc) is 3.53. The Bertz CT molecular complexity index is 2780. The highest BCUT2D eigenvalue weighted by Crippen LogP contribution is 2.44. The SMILES string of the molecule is c1ccc(-c2c3ccccc3c(-c3ccc4cc(-c5cccc6c5ccc5oc7ccccc7c56)ccc4c3)c3ccccc23)cc1. The first-order valence-electron chi connectivity index (χ1n) is 16.2. The Labute approximate surface area is 271 Å². The van der Waals surface area contributed by atoms with E-state index in [1.165, 1.54) is 81.9 Å². The quantitative estimate of drug-likeness (QED) is 0.185. The molecule has 10 aromatic rings. The Morgan fingerprint density at radius 1 is 0.298 bits per heavy atom. The fraction of sp³-hybridized carbons (Fsp3) is 0. The third-order valence-electron chi connectivity index (χ3n) is 9.83. The zero-order chi connectivity index (χ0) is 30.9. The molecule has 0 aliphatic carbocycles. The van der Waals surface area contributed by atoms with Crippen molar-refractivity contribution in [2.45, 2.75) is 0 Å². The first kappa shape index (κ1) is 26.1. The molecule has 0 radical (unpaired) electrons. The van der Waals surface area contributed by atoms with E-state index in [2.05, 4.69) is 158 Å². The molecule has 0 saturated carbocycles. The van der Waals surface area contributed by atoms with Crippen LogP contribution in [-0.2, 0) is 0 Å². The van der Waals surface area contributed by atoms with Gasteiger partial charge in [-0.3, -0.25) is 0 Å². The zero-order valence-corrected chi connectivity index (χ0v) is 25.6. The number of rotatable bonds is 3. The minimum absolute atomic E-state index is 0.928. The van der Waals surface area contributed by atoms with Crippen LogP contribution in [-0.4, -0.2) is 0 Å². The molecule has 0 fully saturated rings. The molecule has 1 heterocycles. The second-order valence-electron chi connectivity index (χ2n) is 12.4. The molecule has 47 heavy (non-hydrogen) atoms. The van der Waals surface area contributed by atoms with Crippen LogP contribution in [0.25, 0.3) is 98.4 Å². The van der Waals surface area contributed by atoms with Crippen LogP contribution in [0.2, 0.25) is 0 Å². The van der Waals surface area contributed by atoms with Crippen molar-refractivity contribution in [1.29, 1.82) is 0 Å². The second-order valence-corrected chi connectivity index (χ2v) is 12.4. The van der Waals surface area contributed by atoms with Crippen molar-refractivity contribution in [2.24, 2.45) is 0 Å². The minimum Gasteiger partial charge on any atom is -0.456 e. The molecule has 218 valence electrons. The molecular formula is C46H28O. The molecule has 9 aromatic carbocycles. The van der Waals surface area contributed by atoms with E-state index in [9.17, 15) is 0 Å². The lowest BCUT2D eigenvalue weighted by Gasteiger charge is -2.18. The molecule has 0 unspecified atom stereocenters. The smallest absolute Gasteiger partial charge is 0.136 e. The summed E-state index contributed by atoms with van der Waals surface area (Å²) in [5.41, 5.74) is 9.36. The third kappa shape index (κ3) is 3.97. The number of benzene rings is 9. The van der Waals surface area contributed by atoms with Gasteiger partial charge >= 0.3 is 0 Å². The van der Waals surface area contributed by atoms with Gasteiger partial charge in [0.15, 0.2) is 0 Å². The van der Waals surface area contributed by atoms with Crippen molar-refractivity contribution in [1.82, 2.24) is 0 Å². The Hall–Kier alpha value is -6.18. The third-order valence-corrected chi connectivity index (χ3v) is 9.83. The Balaban J connectivity index is 1.15. The van der Waals surface area contributed by atoms with E-state index in [-0.39, 0.29) is 0 Å². The summed E-state index contributed by atoms with van der Waals surface area (Å²) in [4.78, 5) is 0. The lowest BCUT2D eigenvalue weighted by Crippen LogP contribution is -1.91. The van der Waals surface area contributed by atoms with E-state index in [1.807, 2.05) is 12.1 Å². The number of para-hydroxylation sites is 1. The molecule has 0 N–H and O–H groups in total. The molecule has 0 spiro atoms. The van der Waals surface area contributed by atoms with Crippen molar-refractivity contribution in [3.05, 3.63) is 170 Å². The van der Waals surface area contributed by atoms with Crippen LogP contribution in [0.15, 0.2) is 174 Å². The number of fused-ring (bicyclic) bond motifs is 8. The van der Waals surface area contributed by atoms with Gasteiger partial charge in [-0.05, 0) is 101 Å². The number of furan rings is 1. The van der Waals surface area contributed by atoms with Gasteiger partial charge in [-0.2, -0.15) is 0 Å². The van der Waals surface area contributed by atoms with E-state index in [1.54, 1.807) is 0 Å². The summed E-state index contributed by atoms with van der Waals surface area (Å²) in [6.45, 7) is 0. The van der Waals surface area contributed by atoms with E-state index >= 15 is 0 Å². The monoisotopic (exact) mass is 596 g/mol. The molecule has 0 aliphatic heterocycles. The van der Waals surface area contributed by atoms with Gasteiger partial charge in [-0.1, -0.05) is 146 Å². The normalized spacial score (nSPS) is 11.8. The summed E-state index contributed by atoms with van der Waals surface area (Å²) in [6, 6.07) is 61.6. The van der Waals surface area contributed by atoms with Crippen molar-refractivity contribution < 1.29 is 4.42 Å². The topological polar surface area (TPSA) is 13.1 Å². The van der Waals surface area contributed by atoms with Crippen LogP contribution in [0.4, 0.5) is 0 Å². The lowest BCUT2D eigenvalue weighted by molar-refractivity contribution is 0.669. The van der Waals surface area contributed by atoms with Crippen LogP contribution in [0, 0.1) is 0 Å². The molecule has 10 rings (SSSR count). The van der Waals surface area contributed by atoms with Gasteiger partial charge < -0.3 is 4.42 Å². The predicted molar refractivity (Wildman–Crippen MR) is 200 cm³/mol. The second kappa shape index (κ2) is 10.2. The van der Waals surface area contributed by atoms with Gasteiger partial charge in [0, 0.05) is 10.8 Å². The van der Waals surface area contributed by atoms with Crippen molar-refractivity contribution in [3.63, 3.8) is 0 Å². The lowest BCUT2D eigenvalue weighted by atomic mass is 9.85. The molecule has 1 heteroatoms. The first-order valence-corrected chi connectivity index (χ1v) is 16.2. The van der Waals surface area contributed by atoms with Gasteiger partial charge in [0.2, 0.25) is 0 Å². The fourth-order valence-electron chi connectivity index (χ4n) is 7.76. The van der Waals surface area contributed by atoms with Crippen LogP contribution in [0.3, 0.4) is 0 Å². The largest absolute Gasteiger partial charge is 0.456 e. The molecule has 1 nitrogen and oxygen atoms in total. The van der Waals surface area contributed by atoms with Crippen molar-refractivity contribution in [2.75, 3.05) is 0 Å². The van der Waals surface area contributed by atoms with E-state index < -0.39 is 0 Å². The maximum absolute atomic E-state index is 6.19. The standard InChI is InChI=1S/C46H28O/c1-2-11-29(12-3-1)44-37-13-4-6-15-39(37)45(40-16-7-5-14-38(40)44)33-24-22-30-27-32(23-21-31(30)28-33)34-18-10-19-36-35(34)25-26-43-46(36)41-17-8-9-20-42(41)47-43/h1-28H. The van der Waals surface area contributed by atoms with Crippen molar-refractivity contribution >= 4 is 65.0 Å². The van der Waals surface area contributed by atoms with E-state index in [4.69, 9.17) is 4.42 Å². The molecule has 1 aromatic heterocycles. The van der Waals surface area contributed by atoms with Gasteiger partial charge in [0.1, 0.15) is 11.2 Å². The predicted octanol–water partition coefficient (Wildman–Crippen LogP) is 13.2. The minimum atomic E-state index is 0.928. The van der Waals surface area contributed by atoms with Crippen molar-refractivity contribution in [3.8, 4) is 33.4 Å². The first-order chi connectivity index (χ1) is 23.3. The Morgan fingerprint density at radius 3 is 1.55 bits per heavy atom. The Morgan fingerprint density at radius 2 is 0.851 bits per heavy atom. The molecule has 0 bridgehead atoms. The number of hydrogen-bond acceptors (Lipinski definition) is 1.